The molecule has 2 heterocycles. The Labute approximate surface area is 157 Å². The van der Waals surface area contributed by atoms with E-state index in [1.807, 2.05) is 0 Å². The topological polar surface area (TPSA) is 61.9 Å². The third-order valence-corrected chi connectivity index (χ3v) is 5.24. The van der Waals surface area contributed by atoms with Crippen molar-refractivity contribution in [3.63, 3.8) is 0 Å². The number of carbonyl (C=O) groups is 2. The Balaban J connectivity index is 1.70. The van der Waals surface area contributed by atoms with Gasteiger partial charge in [0.15, 0.2) is 0 Å². The molecule has 3 rings (SSSR count). The molecule has 1 N–H and O–H groups in total. The molecule has 8 heteroatoms. The lowest BCUT2D eigenvalue weighted by atomic mass is 9.89. The molecule has 27 heavy (non-hydrogen) atoms. The van der Waals surface area contributed by atoms with E-state index in [4.69, 9.17) is 4.74 Å². The summed E-state index contributed by atoms with van der Waals surface area (Å²) in [6, 6.07) is 4.44. The number of rotatable bonds is 6. The number of alkyl halides is 1. The first-order valence-electron chi connectivity index (χ1n) is 9.27. The molecule has 0 unspecified atom stereocenters. The summed E-state index contributed by atoms with van der Waals surface area (Å²) in [5.74, 6) is -0.458. The highest BCUT2D eigenvalue weighted by molar-refractivity contribution is 5.90. The van der Waals surface area contributed by atoms with Crippen LogP contribution < -0.4 is 10.2 Å². The summed E-state index contributed by atoms with van der Waals surface area (Å²) in [6.07, 6.45) is 1.03. The van der Waals surface area contributed by atoms with Gasteiger partial charge >= 0.3 is 6.09 Å². The van der Waals surface area contributed by atoms with Gasteiger partial charge in [-0.2, -0.15) is 0 Å². The van der Waals surface area contributed by atoms with Crippen LogP contribution in [0.25, 0.3) is 0 Å². The van der Waals surface area contributed by atoms with Crippen molar-refractivity contribution in [1.82, 2.24) is 10.2 Å². The SMILES string of the molecule is CC(=O)NC[C@H]1COC(=O)N1c1ccc(C2CCN(CCF)CC2)c(F)c1. The monoisotopic (exact) mass is 381 g/mol. The van der Waals surface area contributed by atoms with Gasteiger partial charge in [0.1, 0.15) is 19.1 Å². The highest BCUT2D eigenvalue weighted by Crippen LogP contribution is 2.33. The molecule has 148 valence electrons. The van der Waals surface area contributed by atoms with E-state index in [1.54, 1.807) is 12.1 Å². The van der Waals surface area contributed by atoms with Crippen LogP contribution in [-0.4, -0.2) is 62.4 Å². The van der Waals surface area contributed by atoms with Gasteiger partial charge in [-0.25, -0.2) is 13.6 Å². The zero-order valence-corrected chi connectivity index (χ0v) is 15.4. The molecular formula is C19H25F2N3O3. The molecule has 2 aliphatic heterocycles. The van der Waals surface area contributed by atoms with Gasteiger partial charge in [0.05, 0.1) is 11.7 Å². The lowest BCUT2D eigenvalue weighted by molar-refractivity contribution is -0.119. The molecule has 0 spiro atoms. The predicted molar refractivity (Wildman–Crippen MR) is 97.1 cm³/mol. The van der Waals surface area contributed by atoms with Gasteiger partial charge in [0.2, 0.25) is 5.91 Å². The van der Waals surface area contributed by atoms with Crippen LogP contribution in [0.15, 0.2) is 18.2 Å². The number of cyclic esters (lactones) is 1. The predicted octanol–water partition coefficient (Wildman–Crippen LogP) is 2.44. The van der Waals surface area contributed by atoms with Crippen molar-refractivity contribution in [3.8, 4) is 0 Å². The number of amides is 2. The zero-order valence-electron chi connectivity index (χ0n) is 15.4. The van der Waals surface area contributed by atoms with Crippen LogP contribution in [0, 0.1) is 5.82 Å². The molecule has 0 radical (unpaired) electrons. The van der Waals surface area contributed by atoms with Crippen LogP contribution in [0.1, 0.15) is 31.2 Å². The summed E-state index contributed by atoms with van der Waals surface area (Å²) >= 11 is 0. The summed E-state index contributed by atoms with van der Waals surface area (Å²) in [6.45, 7) is 3.38. The van der Waals surface area contributed by atoms with Gasteiger partial charge in [0.25, 0.3) is 0 Å². The summed E-state index contributed by atoms with van der Waals surface area (Å²) in [5, 5.41) is 2.66. The fourth-order valence-corrected chi connectivity index (χ4v) is 3.77. The average molecular weight is 381 g/mol. The second kappa shape index (κ2) is 8.65. The zero-order chi connectivity index (χ0) is 19.4. The first-order chi connectivity index (χ1) is 13.0. The number of likely N-dealkylation sites (tertiary alicyclic amines) is 1. The van der Waals surface area contributed by atoms with Gasteiger partial charge in [-0.05, 0) is 49.5 Å². The highest BCUT2D eigenvalue weighted by atomic mass is 19.1. The molecule has 0 saturated carbocycles. The Morgan fingerprint density at radius 2 is 2.07 bits per heavy atom. The second-order valence-corrected chi connectivity index (χ2v) is 7.05. The first kappa shape index (κ1) is 19.5. The number of hydrogen-bond donors (Lipinski definition) is 1. The molecule has 0 aromatic heterocycles. The van der Waals surface area contributed by atoms with E-state index < -0.39 is 6.09 Å². The van der Waals surface area contributed by atoms with Crippen LogP contribution in [0.4, 0.5) is 19.3 Å². The van der Waals surface area contributed by atoms with E-state index in [9.17, 15) is 18.4 Å². The Kier molecular flexibility index (Phi) is 6.26. The first-order valence-corrected chi connectivity index (χ1v) is 9.27. The maximum Gasteiger partial charge on any atom is 0.414 e. The fraction of sp³-hybridized carbons (Fsp3) is 0.579. The third kappa shape index (κ3) is 4.55. The van der Waals surface area contributed by atoms with Gasteiger partial charge < -0.3 is 15.0 Å². The number of anilines is 1. The molecule has 0 aliphatic carbocycles. The lowest BCUT2D eigenvalue weighted by Crippen LogP contribution is -2.42. The number of ether oxygens (including phenoxy) is 1. The van der Waals surface area contributed by atoms with Crippen molar-refractivity contribution in [2.75, 3.05) is 44.4 Å². The van der Waals surface area contributed by atoms with E-state index in [0.717, 1.165) is 25.9 Å². The van der Waals surface area contributed by atoms with E-state index in [-0.39, 0.29) is 43.5 Å². The lowest BCUT2D eigenvalue weighted by Gasteiger charge is -2.32. The number of piperidine rings is 1. The average Bonchev–Trinajstić information content (AvgIpc) is 3.01. The largest absolute Gasteiger partial charge is 0.447 e. The molecular weight excluding hydrogens is 356 g/mol. The number of benzene rings is 1. The van der Waals surface area contributed by atoms with Crippen molar-refractivity contribution in [1.29, 1.82) is 0 Å². The number of hydrogen-bond acceptors (Lipinski definition) is 4. The van der Waals surface area contributed by atoms with Crippen molar-refractivity contribution in [2.45, 2.75) is 31.7 Å². The highest BCUT2D eigenvalue weighted by Gasteiger charge is 2.35. The van der Waals surface area contributed by atoms with Crippen LogP contribution in [-0.2, 0) is 9.53 Å². The second-order valence-electron chi connectivity index (χ2n) is 7.05. The number of nitrogens with one attached hydrogen (secondary N) is 1. The molecule has 6 nitrogen and oxygen atoms in total. The Hall–Kier alpha value is -2.22. The molecule has 2 saturated heterocycles. The molecule has 1 atom stereocenters. The van der Waals surface area contributed by atoms with Crippen molar-refractivity contribution in [3.05, 3.63) is 29.6 Å². The summed E-state index contributed by atoms with van der Waals surface area (Å²) in [5.41, 5.74) is 1.05. The van der Waals surface area contributed by atoms with Crippen molar-refractivity contribution < 1.29 is 23.1 Å². The minimum Gasteiger partial charge on any atom is -0.447 e. The molecule has 1 aromatic carbocycles. The van der Waals surface area contributed by atoms with Crippen molar-refractivity contribution >= 4 is 17.7 Å². The normalized spacial score (nSPS) is 21.4. The maximum absolute atomic E-state index is 14.8. The van der Waals surface area contributed by atoms with E-state index in [1.165, 1.54) is 17.9 Å². The van der Waals surface area contributed by atoms with Gasteiger partial charge in [0, 0.05) is 20.0 Å². The molecule has 0 bridgehead atoms. The van der Waals surface area contributed by atoms with Crippen LogP contribution >= 0.6 is 0 Å². The summed E-state index contributed by atoms with van der Waals surface area (Å²) in [4.78, 5) is 26.6. The molecule has 1 aromatic rings. The van der Waals surface area contributed by atoms with E-state index >= 15 is 0 Å². The van der Waals surface area contributed by atoms with Crippen LogP contribution in [0.2, 0.25) is 0 Å². The Bertz CT molecular complexity index is 693. The van der Waals surface area contributed by atoms with Gasteiger partial charge in [-0.1, -0.05) is 6.07 Å². The van der Waals surface area contributed by atoms with E-state index in [2.05, 4.69) is 10.2 Å². The molecule has 2 fully saturated rings. The summed E-state index contributed by atoms with van der Waals surface area (Å²) in [7, 11) is 0. The molecule has 2 aliphatic rings. The minimum atomic E-state index is -0.544. The van der Waals surface area contributed by atoms with Crippen LogP contribution in [0.5, 0.6) is 0 Å². The minimum absolute atomic E-state index is 0.0932. The standard InChI is InChI=1S/C19H25F2N3O3/c1-13(25)22-11-16-12-27-19(26)24(16)15-2-3-17(18(21)10-15)14-4-7-23(8-5-14)9-6-20/h2-3,10,14,16H,4-9,11-12H2,1H3,(H,22,25)/t16-/m0/s1. The quantitative estimate of drug-likeness (QED) is 0.822. The molecule has 2 amide bonds. The van der Waals surface area contributed by atoms with E-state index in [0.29, 0.717) is 17.8 Å². The van der Waals surface area contributed by atoms with Gasteiger partial charge in [-0.15, -0.1) is 0 Å². The van der Waals surface area contributed by atoms with Crippen molar-refractivity contribution in [2.24, 2.45) is 0 Å². The smallest absolute Gasteiger partial charge is 0.414 e. The number of halogens is 2. The Morgan fingerprint density at radius 1 is 1.33 bits per heavy atom. The third-order valence-electron chi connectivity index (χ3n) is 5.24. The Morgan fingerprint density at radius 3 is 2.70 bits per heavy atom. The fourth-order valence-electron chi connectivity index (χ4n) is 3.77. The number of carbonyl (C=O) groups excluding carboxylic acids is 2. The van der Waals surface area contributed by atoms with Crippen LogP contribution in [0.3, 0.4) is 0 Å². The van der Waals surface area contributed by atoms with Gasteiger partial charge in [-0.3, -0.25) is 9.69 Å². The number of nitrogens with zero attached hydrogens (tertiary/aromatic N) is 2. The summed E-state index contributed by atoms with van der Waals surface area (Å²) < 4.78 is 32.3. The maximum atomic E-state index is 14.8.